The lowest BCUT2D eigenvalue weighted by molar-refractivity contribution is 0.242. The third kappa shape index (κ3) is 3.39. The maximum atomic E-state index is 12.5. The normalized spacial score (nSPS) is 23.4. The number of likely N-dealkylation sites (tertiary alicyclic amines) is 1. The SMILES string of the molecule is CN1CCCC(NS(=O)(=O)c2ccc3c(c2)CCCN3)C1. The van der Waals surface area contributed by atoms with Crippen molar-refractivity contribution in [3.8, 4) is 0 Å². The van der Waals surface area contributed by atoms with Gasteiger partial charge in [0.05, 0.1) is 4.90 Å². The summed E-state index contributed by atoms with van der Waals surface area (Å²) in [6.45, 7) is 2.79. The van der Waals surface area contributed by atoms with Gasteiger partial charge in [-0.15, -0.1) is 0 Å². The Morgan fingerprint density at radius 3 is 3.00 bits per heavy atom. The molecule has 0 radical (unpaired) electrons. The average molecular weight is 309 g/mol. The van der Waals surface area contributed by atoms with Crippen LogP contribution in [-0.2, 0) is 16.4 Å². The molecule has 2 N–H and O–H groups in total. The topological polar surface area (TPSA) is 61.4 Å². The van der Waals surface area contributed by atoms with Crippen LogP contribution in [-0.4, -0.2) is 46.0 Å². The monoisotopic (exact) mass is 309 g/mol. The maximum Gasteiger partial charge on any atom is 0.240 e. The summed E-state index contributed by atoms with van der Waals surface area (Å²) in [6, 6.07) is 5.42. The van der Waals surface area contributed by atoms with E-state index in [1.807, 2.05) is 19.2 Å². The molecule has 0 bridgehead atoms. The summed E-state index contributed by atoms with van der Waals surface area (Å²) in [7, 11) is -1.39. The number of benzene rings is 1. The lowest BCUT2D eigenvalue weighted by Gasteiger charge is -2.30. The standard InChI is InChI=1S/C15H23N3O2S/c1-18-9-3-5-13(11-18)17-21(19,20)14-6-7-15-12(10-14)4-2-8-16-15/h6-7,10,13,16-17H,2-5,8-9,11H2,1H3. The fraction of sp³-hybridized carbons (Fsp3) is 0.600. The van der Waals surface area contributed by atoms with Gasteiger partial charge in [0.1, 0.15) is 0 Å². The quantitative estimate of drug-likeness (QED) is 0.886. The number of anilines is 1. The first-order valence-corrected chi connectivity index (χ1v) is 9.10. The van der Waals surface area contributed by atoms with Crippen molar-refractivity contribution >= 4 is 15.7 Å². The molecule has 1 atom stereocenters. The third-order valence-electron chi connectivity index (χ3n) is 4.27. The molecule has 1 aromatic rings. The Hall–Kier alpha value is -1.11. The Labute approximate surface area is 126 Å². The van der Waals surface area contributed by atoms with E-state index in [9.17, 15) is 8.42 Å². The Balaban J connectivity index is 1.78. The number of rotatable bonds is 3. The molecule has 5 nitrogen and oxygen atoms in total. The number of nitrogens with zero attached hydrogens (tertiary/aromatic N) is 1. The predicted molar refractivity (Wildman–Crippen MR) is 84.1 cm³/mol. The zero-order valence-corrected chi connectivity index (χ0v) is 13.2. The fourth-order valence-electron chi connectivity index (χ4n) is 3.17. The number of piperidine rings is 1. The van der Waals surface area contributed by atoms with Gasteiger partial charge in [0, 0.05) is 24.8 Å². The highest BCUT2D eigenvalue weighted by Crippen LogP contribution is 2.25. The molecule has 1 aromatic carbocycles. The molecule has 2 heterocycles. The molecule has 0 aliphatic carbocycles. The Morgan fingerprint density at radius 2 is 2.19 bits per heavy atom. The van der Waals surface area contributed by atoms with Crippen LogP contribution in [0, 0.1) is 0 Å². The summed E-state index contributed by atoms with van der Waals surface area (Å²) in [5.74, 6) is 0. The minimum absolute atomic E-state index is 0.0166. The van der Waals surface area contributed by atoms with E-state index in [0.717, 1.165) is 56.6 Å². The van der Waals surface area contributed by atoms with Crippen LogP contribution in [0.15, 0.2) is 23.1 Å². The van der Waals surface area contributed by atoms with Crippen molar-refractivity contribution in [1.29, 1.82) is 0 Å². The lowest BCUT2D eigenvalue weighted by atomic mass is 10.0. The molecule has 21 heavy (non-hydrogen) atoms. The molecular weight excluding hydrogens is 286 g/mol. The summed E-state index contributed by atoms with van der Waals surface area (Å²) >= 11 is 0. The van der Waals surface area contributed by atoms with E-state index in [0.29, 0.717) is 4.90 Å². The van der Waals surface area contributed by atoms with Crippen LogP contribution in [0.25, 0.3) is 0 Å². The Morgan fingerprint density at radius 1 is 1.33 bits per heavy atom. The van der Waals surface area contributed by atoms with Crippen LogP contribution in [0.3, 0.4) is 0 Å². The van der Waals surface area contributed by atoms with Gasteiger partial charge in [0.25, 0.3) is 0 Å². The summed E-state index contributed by atoms with van der Waals surface area (Å²) in [5.41, 5.74) is 2.17. The van der Waals surface area contributed by atoms with Crippen LogP contribution in [0.2, 0.25) is 0 Å². The highest BCUT2D eigenvalue weighted by atomic mass is 32.2. The van der Waals surface area contributed by atoms with E-state index >= 15 is 0 Å². The number of nitrogens with one attached hydrogen (secondary N) is 2. The van der Waals surface area contributed by atoms with Crippen molar-refractivity contribution in [2.45, 2.75) is 36.6 Å². The molecule has 1 unspecified atom stereocenters. The van der Waals surface area contributed by atoms with Gasteiger partial charge in [0.15, 0.2) is 0 Å². The second-order valence-electron chi connectivity index (χ2n) is 6.07. The van der Waals surface area contributed by atoms with E-state index in [2.05, 4.69) is 14.9 Å². The molecule has 0 spiro atoms. The minimum atomic E-state index is -3.42. The molecule has 2 aliphatic heterocycles. The Bertz CT molecular complexity index is 615. The Kier molecular flexibility index (Phi) is 4.19. The summed E-state index contributed by atoms with van der Waals surface area (Å²) in [5, 5.41) is 3.31. The van der Waals surface area contributed by atoms with E-state index in [-0.39, 0.29) is 6.04 Å². The van der Waals surface area contributed by atoms with Gasteiger partial charge >= 0.3 is 0 Å². The summed E-state index contributed by atoms with van der Waals surface area (Å²) < 4.78 is 27.9. The number of hydrogen-bond donors (Lipinski definition) is 2. The van der Waals surface area contributed by atoms with Crippen molar-refractivity contribution in [3.05, 3.63) is 23.8 Å². The zero-order chi connectivity index (χ0) is 14.9. The van der Waals surface area contributed by atoms with Crippen LogP contribution in [0.1, 0.15) is 24.8 Å². The van der Waals surface area contributed by atoms with Crippen molar-refractivity contribution < 1.29 is 8.42 Å². The van der Waals surface area contributed by atoms with Gasteiger partial charge < -0.3 is 10.2 Å². The van der Waals surface area contributed by atoms with Crippen molar-refractivity contribution in [2.24, 2.45) is 0 Å². The number of likely N-dealkylation sites (N-methyl/N-ethyl adjacent to an activating group) is 1. The van der Waals surface area contributed by atoms with Gasteiger partial charge in [-0.05, 0) is 63.0 Å². The third-order valence-corrected chi connectivity index (χ3v) is 5.79. The molecule has 0 aromatic heterocycles. The van der Waals surface area contributed by atoms with Gasteiger partial charge in [-0.1, -0.05) is 0 Å². The van der Waals surface area contributed by atoms with Crippen LogP contribution in [0.5, 0.6) is 0 Å². The number of sulfonamides is 1. The minimum Gasteiger partial charge on any atom is -0.385 e. The van der Waals surface area contributed by atoms with E-state index in [1.165, 1.54) is 0 Å². The van der Waals surface area contributed by atoms with Crippen molar-refractivity contribution in [2.75, 3.05) is 32.0 Å². The highest BCUT2D eigenvalue weighted by molar-refractivity contribution is 7.89. The smallest absolute Gasteiger partial charge is 0.240 e. The first-order chi connectivity index (χ1) is 10.0. The predicted octanol–water partition coefficient (Wildman–Crippen LogP) is 1.42. The average Bonchev–Trinajstić information content (AvgIpc) is 2.46. The molecule has 2 aliphatic rings. The first-order valence-electron chi connectivity index (χ1n) is 7.62. The summed E-state index contributed by atoms with van der Waals surface area (Å²) in [6.07, 6.45) is 3.95. The fourth-order valence-corrected chi connectivity index (χ4v) is 4.48. The second kappa shape index (κ2) is 5.94. The molecule has 1 saturated heterocycles. The molecular formula is C15H23N3O2S. The maximum absolute atomic E-state index is 12.5. The van der Waals surface area contributed by atoms with E-state index in [1.54, 1.807) is 6.07 Å². The van der Waals surface area contributed by atoms with Gasteiger partial charge in [-0.25, -0.2) is 13.1 Å². The van der Waals surface area contributed by atoms with Gasteiger partial charge in [0.2, 0.25) is 10.0 Å². The van der Waals surface area contributed by atoms with Crippen LogP contribution >= 0.6 is 0 Å². The molecule has 3 rings (SSSR count). The number of aryl methyl sites for hydroxylation is 1. The molecule has 0 saturated carbocycles. The van der Waals surface area contributed by atoms with Crippen LogP contribution in [0.4, 0.5) is 5.69 Å². The second-order valence-corrected chi connectivity index (χ2v) is 7.79. The first kappa shape index (κ1) is 14.8. The van der Waals surface area contributed by atoms with E-state index < -0.39 is 10.0 Å². The highest BCUT2D eigenvalue weighted by Gasteiger charge is 2.24. The van der Waals surface area contributed by atoms with Gasteiger partial charge in [-0.2, -0.15) is 0 Å². The molecule has 116 valence electrons. The number of hydrogen-bond acceptors (Lipinski definition) is 4. The van der Waals surface area contributed by atoms with Crippen molar-refractivity contribution in [3.63, 3.8) is 0 Å². The van der Waals surface area contributed by atoms with Crippen LogP contribution < -0.4 is 10.0 Å². The van der Waals surface area contributed by atoms with Gasteiger partial charge in [-0.3, -0.25) is 0 Å². The molecule has 6 heteroatoms. The number of fused-ring (bicyclic) bond motifs is 1. The molecule has 0 amide bonds. The lowest BCUT2D eigenvalue weighted by Crippen LogP contribution is -2.46. The zero-order valence-electron chi connectivity index (χ0n) is 12.4. The van der Waals surface area contributed by atoms with E-state index in [4.69, 9.17) is 0 Å². The molecule has 1 fully saturated rings. The summed E-state index contributed by atoms with van der Waals surface area (Å²) in [4.78, 5) is 2.56. The van der Waals surface area contributed by atoms with Crippen molar-refractivity contribution in [1.82, 2.24) is 9.62 Å². The largest absolute Gasteiger partial charge is 0.385 e.